The average molecular weight is 344 g/mol. The second-order valence-corrected chi connectivity index (χ2v) is 5.82. The molecule has 1 saturated heterocycles. The second-order valence-electron chi connectivity index (χ2n) is 5.82. The van der Waals surface area contributed by atoms with Crippen molar-refractivity contribution in [3.8, 4) is 5.75 Å². The molecule has 1 aliphatic heterocycles. The van der Waals surface area contributed by atoms with Crippen LogP contribution in [0, 0.1) is 0 Å². The highest BCUT2D eigenvalue weighted by Gasteiger charge is 2.26. The van der Waals surface area contributed by atoms with Crippen molar-refractivity contribution in [2.24, 2.45) is 0 Å². The van der Waals surface area contributed by atoms with Gasteiger partial charge < -0.3 is 18.8 Å². The van der Waals surface area contributed by atoms with Crippen LogP contribution in [0.2, 0.25) is 0 Å². The summed E-state index contributed by atoms with van der Waals surface area (Å²) in [5.41, 5.74) is 0.476. The zero-order valence-electron chi connectivity index (χ0n) is 14.0. The molecule has 1 fully saturated rings. The molecule has 7 nitrogen and oxygen atoms in total. The molecule has 3 heterocycles. The molecule has 0 spiro atoms. The maximum atomic E-state index is 12.6. The van der Waals surface area contributed by atoms with E-state index in [0.717, 1.165) is 24.8 Å². The van der Waals surface area contributed by atoms with Crippen LogP contribution in [-0.4, -0.2) is 42.1 Å². The molecular weight excluding hydrogens is 324 g/mol. The molecule has 1 amide bonds. The molecule has 0 radical (unpaired) electrons. The third-order valence-electron chi connectivity index (χ3n) is 4.09. The molecule has 0 unspecified atom stereocenters. The van der Waals surface area contributed by atoms with Gasteiger partial charge in [0.05, 0.1) is 25.5 Å². The summed E-state index contributed by atoms with van der Waals surface area (Å²) in [5, 5.41) is 0. The van der Waals surface area contributed by atoms with E-state index in [-0.39, 0.29) is 28.9 Å². The Labute approximate surface area is 145 Å². The molecular formula is C18H20N2O5. The summed E-state index contributed by atoms with van der Waals surface area (Å²) in [6.07, 6.45) is 4.53. The van der Waals surface area contributed by atoms with Gasteiger partial charge in [-0.3, -0.25) is 14.6 Å². The summed E-state index contributed by atoms with van der Waals surface area (Å²) in [5.74, 6) is -0.228. The highest BCUT2D eigenvalue weighted by molar-refractivity contribution is 5.91. The molecule has 0 aromatic carbocycles. The maximum absolute atomic E-state index is 12.6. The Morgan fingerprint density at radius 2 is 2.32 bits per heavy atom. The van der Waals surface area contributed by atoms with Gasteiger partial charge in [0.15, 0.2) is 5.76 Å². The number of hydrogen-bond donors (Lipinski definition) is 0. The summed E-state index contributed by atoms with van der Waals surface area (Å²) in [4.78, 5) is 30.2. The number of carbonyl (C=O) groups is 1. The van der Waals surface area contributed by atoms with Gasteiger partial charge in [0.25, 0.3) is 5.91 Å². The first kappa shape index (κ1) is 17.2. The number of likely N-dealkylation sites (tertiary alicyclic amines) is 1. The summed E-state index contributed by atoms with van der Waals surface area (Å²) < 4.78 is 16.0. The molecule has 1 atom stereocenters. The van der Waals surface area contributed by atoms with Crippen LogP contribution >= 0.6 is 0 Å². The number of rotatable bonds is 5. The minimum atomic E-state index is -0.378. The lowest BCUT2D eigenvalue weighted by Crippen LogP contribution is -2.43. The fourth-order valence-corrected chi connectivity index (χ4v) is 2.76. The Morgan fingerprint density at radius 1 is 1.44 bits per heavy atom. The molecule has 0 bridgehead atoms. The van der Waals surface area contributed by atoms with Crippen LogP contribution < -0.4 is 10.2 Å². The molecule has 1 aliphatic rings. The molecule has 2 aromatic heterocycles. The van der Waals surface area contributed by atoms with E-state index in [2.05, 4.69) is 4.98 Å². The molecule has 0 aliphatic carbocycles. The average Bonchev–Trinajstić information content (AvgIpc) is 2.67. The second kappa shape index (κ2) is 7.94. The molecule has 132 valence electrons. The van der Waals surface area contributed by atoms with Crippen molar-refractivity contribution in [1.82, 2.24) is 9.88 Å². The first-order chi connectivity index (χ1) is 12.2. The minimum absolute atomic E-state index is 0.0103. The van der Waals surface area contributed by atoms with E-state index in [1.54, 1.807) is 11.1 Å². The van der Waals surface area contributed by atoms with Crippen molar-refractivity contribution < 1.29 is 18.7 Å². The Hall–Kier alpha value is -2.67. The van der Waals surface area contributed by atoms with Crippen molar-refractivity contribution in [2.75, 3.05) is 20.2 Å². The van der Waals surface area contributed by atoms with Gasteiger partial charge in [-0.05, 0) is 25.0 Å². The highest BCUT2D eigenvalue weighted by Crippen LogP contribution is 2.17. The largest absolute Gasteiger partial charge is 0.490 e. The number of methoxy groups -OCH3 is 1. The van der Waals surface area contributed by atoms with Crippen LogP contribution in [0.15, 0.2) is 45.9 Å². The fraction of sp³-hybridized carbons (Fsp3) is 0.389. The van der Waals surface area contributed by atoms with Crippen molar-refractivity contribution in [2.45, 2.75) is 25.6 Å². The van der Waals surface area contributed by atoms with Gasteiger partial charge in [0.1, 0.15) is 6.26 Å². The summed E-state index contributed by atoms with van der Waals surface area (Å²) in [6, 6.07) is 6.83. The third-order valence-corrected chi connectivity index (χ3v) is 4.09. The Bertz CT molecular complexity index is 775. The smallest absolute Gasteiger partial charge is 0.289 e. The number of pyridine rings is 1. The van der Waals surface area contributed by atoms with E-state index in [1.165, 1.54) is 13.2 Å². The highest BCUT2D eigenvalue weighted by atomic mass is 16.5. The van der Waals surface area contributed by atoms with E-state index in [9.17, 15) is 9.59 Å². The lowest BCUT2D eigenvalue weighted by Gasteiger charge is -2.32. The molecule has 7 heteroatoms. The first-order valence-electron chi connectivity index (χ1n) is 8.15. The molecule has 0 N–H and O–H groups in total. The van der Waals surface area contributed by atoms with E-state index >= 15 is 0 Å². The van der Waals surface area contributed by atoms with Crippen molar-refractivity contribution in [1.29, 1.82) is 0 Å². The van der Waals surface area contributed by atoms with Gasteiger partial charge >= 0.3 is 0 Å². The Kier molecular flexibility index (Phi) is 5.45. The summed E-state index contributed by atoms with van der Waals surface area (Å²) in [6.45, 7) is 1.48. The molecule has 0 saturated carbocycles. The van der Waals surface area contributed by atoms with Crippen molar-refractivity contribution in [3.05, 3.63) is 58.4 Å². The van der Waals surface area contributed by atoms with Crippen LogP contribution in [0.1, 0.15) is 29.1 Å². The van der Waals surface area contributed by atoms with E-state index in [0.29, 0.717) is 19.7 Å². The van der Waals surface area contributed by atoms with Crippen LogP contribution in [-0.2, 0) is 11.3 Å². The number of carbonyl (C=O) groups excluding carboxylic acids is 1. The zero-order valence-corrected chi connectivity index (χ0v) is 14.0. The number of ether oxygens (including phenoxy) is 2. The third kappa shape index (κ3) is 4.24. The molecule has 25 heavy (non-hydrogen) atoms. The topological polar surface area (TPSA) is 81.9 Å². The van der Waals surface area contributed by atoms with Gasteiger partial charge in [0, 0.05) is 25.4 Å². The maximum Gasteiger partial charge on any atom is 0.289 e. The zero-order chi connectivity index (χ0) is 17.6. The van der Waals surface area contributed by atoms with Crippen LogP contribution in [0.4, 0.5) is 0 Å². The Balaban J connectivity index is 1.61. The van der Waals surface area contributed by atoms with Gasteiger partial charge in [-0.15, -0.1) is 0 Å². The predicted octanol–water partition coefficient (Wildman–Crippen LogP) is 1.86. The van der Waals surface area contributed by atoms with Gasteiger partial charge in [-0.1, -0.05) is 6.07 Å². The standard InChI is InChI=1S/C18H20N2O5/c1-23-17-12-25-16(9-15(17)21)18(22)20-8-4-6-14(10-20)24-11-13-5-2-3-7-19-13/h2-3,5,7,9,12,14H,4,6,8,10-11H2,1H3/t14-/m1/s1. The summed E-state index contributed by atoms with van der Waals surface area (Å²) in [7, 11) is 1.38. The number of piperidine rings is 1. The summed E-state index contributed by atoms with van der Waals surface area (Å²) >= 11 is 0. The van der Waals surface area contributed by atoms with Gasteiger partial charge in [0.2, 0.25) is 11.2 Å². The van der Waals surface area contributed by atoms with Gasteiger partial charge in [-0.2, -0.15) is 0 Å². The SMILES string of the molecule is COc1coc(C(=O)N2CCC[C@@H](OCc3ccccn3)C2)cc1=O. The molecule has 2 aromatic rings. The number of hydrogen-bond acceptors (Lipinski definition) is 6. The van der Waals surface area contributed by atoms with E-state index in [1.807, 2.05) is 18.2 Å². The first-order valence-corrected chi connectivity index (χ1v) is 8.15. The number of aromatic nitrogens is 1. The van der Waals surface area contributed by atoms with Gasteiger partial charge in [-0.25, -0.2) is 0 Å². The number of amides is 1. The van der Waals surface area contributed by atoms with E-state index in [4.69, 9.17) is 13.9 Å². The predicted molar refractivity (Wildman–Crippen MR) is 89.5 cm³/mol. The molecule has 3 rings (SSSR count). The Morgan fingerprint density at radius 3 is 3.04 bits per heavy atom. The van der Waals surface area contributed by atoms with Crippen molar-refractivity contribution in [3.63, 3.8) is 0 Å². The number of nitrogens with zero attached hydrogens (tertiary/aromatic N) is 2. The van der Waals surface area contributed by atoms with Crippen molar-refractivity contribution >= 4 is 5.91 Å². The fourth-order valence-electron chi connectivity index (χ4n) is 2.76. The monoisotopic (exact) mass is 344 g/mol. The normalized spacial score (nSPS) is 17.3. The lowest BCUT2D eigenvalue weighted by atomic mass is 10.1. The minimum Gasteiger partial charge on any atom is -0.490 e. The van der Waals surface area contributed by atoms with Crippen LogP contribution in [0.3, 0.4) is 0 Å². The lowest BCUT2D eigenvalue weighted by molar-refractivity contribution is -0.00871. The van der Waals surface area contributed by atoms with Crippen LogP contribution in [0.25, 0.3) is 0 Å². The quantitative estimate of drug-likeness (QED) is 0.823. The van der Waals surface area contributed by atoms with Crippen LogP contribution in [0.5, 0.6) is 5.75 Å². The van der Waals surface area contributed by atoms with E-state index < -0.39 is 0 Å².